The number of methoxy groups -OCH3 is 1. The van der Waals surface area contributed by atoms with Crippen molar-refractivity contribution in [3.8, 4) is 5.75 Å². The van der Waals surface area contributed by atoms with Gasteiger partial charge in [0, 0.05) is 5.02 Å². The molecule has 1 amide bonds. The first-order valence-electron chi connectivity index (χ1n) is 8.79. The number of aromatic nitrogens is 4. The van der Waals surface area contributed by atoms with Crippen molar-refractivity contribution in [3.63, 3.8) is 0 Å². The number of anilines is 1. The Morgan fingerprint density at radius 1 is 1.20 bits per heavy atom. The molecule has 0 fully saturated rings. The van der Waals surface area contributed by atoms with Crippen LogP contribution in [0, 0.1) is 0 Å². The standard InChI is InChI=1S/C18H20ClN5O5S/c1-18(2,3)30(27,28)16-8-7-14-21-23(17(26)24(14)22-16)10-15(25)20-12-9-11(19)5-6-13(12)29-4/h5-9H,10H2,1-4H3,(H,20,25). The zero-order valence-corrected chi connectivity index (χ0v) is 18.3. The molecular weight excluding hydrogens is 434 g/mol. The maximum atomic E-state index is 12.6. The molecule has 0 aliphatic heterocycles. The van der Waals surface area contributed by atoms with Crippen LogP contribution in [-0.2, 0) is 21.2 Å². The van der Waals surface area contributed by atoms with Crippen molar-refractivity contribution < 1.29 is 17.9 Å². The third-order valence-electron chi connectivity index (χ3n) is 4.23. The van der Waals surface area contributed by atoms with E-state index in [4.69, 9.17) is 16.3 Å². The molecule has 0 spiro atoms. The second-order valence-corrected chi connectivity index (χ2v) is 10.5. The molecule has 30 heavy (non-hydrogen) atoms. The molecule has 0 saturated carbocycles. The van der Waals surface area contributed by atoms with E-state index >= 15 is 0 Å². The lowest BCUT2D eigenvalue weighted by Crippen LogP contribution is -2.31. The van der Waals surface area contributed by atoms with Gasteiger partial charge in [-0.15, -0.1) is 10.2 Å². The molecule has 12 heteroatoms. The van der Waals surface area contributed by atoms with Gasteiger partial charge in [-0.1, -0.05) is 11.6 Å². The van der Waals surface area contributed by atoms with Crippen LogP contribution in [-0.4, -0.2) is 45.6 Å². The van der Waals surface area contributed by atoms with E-state index in [0.717, 1.165) is 9.20 Å². The van der Waals surface area contributed by atoms with Gasteiger partial charge in [-0.05, 0) is 51.1 Å². The molecule has 0 atom stereocenters. The third-order valence-corrected chi connectivity index (χ3v) is 6.84. The fraction of sp³-hybridized carbons (Fsp3) is 0.333. The fourth-order valence-corrected chi connectivity index (χ4v) is 3.79. The third kappa shape index (κ3) is 4.03. The number of halogens is 1. The number of nitrogens with zero attached hydrogens (tertiary/aromatic N) is 4. The normalized spacial score (nSPS) is 12.2. The van der Waals surface area contributed by atoms with Gasteiger partial charge in [0.05, 0.1) is 17.5 Å². The Labute approximate surface area is 177 Å². The van der Waals surface area contributed by atoms with E-state index in [1.54, 1.807) is 12.1 Å². The summed E-state index contributed by atoms with van der Waals surface area (Å²) in [6.07, 6.45) is 0. The summed E-state index contributed by atoms with van der Waals surface area (Å²) in [6.45, 7) is 4.19. The summed E-state index contributed by atoms with van der Waals surface area (Å²) in [4.78, 5) is 25.0. The number of fused-ring (bicyclic) bond motifs is 1. The molecule has 10 nitrogen and oxygen atoms in total. The number of carbonyl (C=O) groups is 1. The average molecular weight is 454 g/mol. The second kappa shape index (κ2) is 7.73. The maximum Gasteiger partial charge on any atom is 0.367 e. The lowest BCUT2D eigenvalue weighted by Gasteiger charge is -2.17. The van der Waals surface area contributed by atoms with Gasteiger partial charge in [-0.25, -0.2) is 17.9 Å². The van der Waals surface area contributed by atoms with Gasteiger partial charge in [-0.3, -0.25) is 4.79 Å². The quantitative estimate of drug-likeness (QED) is 0.624. The van der Waals surface area contributed by atoms with Crippen LogP contribution < -0.4 is 15.7 Å². The highest BCUT2D eigenvalue weighted by Gasteiger charge is 2.33. The molecule has 160 valence electrons. The van der Waals surface area contributed by atoms with Crippen LogP contribution in [0.25, 0.3) is 5.65 Å². The Morgan fingerprint density at radius 3 is 2.53 bits per heavy atom. The van der Waals surface area contributed by atoms with Crippen molar-refractivity contribution in [2.45, 2.75) is 37.1 Å². The van der Waals surface area contributed by atoms with Gasteiger partial charge in [0.25, 0.3) is 0 Å². The minimum absolute atomic E-state index is 0.112. The number of carbonyl (C=O) groups excluding carboxylic acids is 1. The SMILES string of the molecule is COc1ccc(Cl)cc1NC(=O)Cn1nc2ccc(S(=O)(=O)C(C)(C)C)nn2c1=O. The summed E-state index contributed by atoms with van der Waals surface area (Å²) in [7, 11) is -2.32. The summed E-state index contributed by atoms with van der Waals surface area (Å²) in [5.41, 5.74) is -0.298. The topological polar surface area (TPSA) is 125 Å². The Morgan fingerprint density at radius 2 is 1.90 bits per heavy atom. The number of rotatable bonds is 5. The molecule has 0 bridgehead atoms. The number of hydrogen-bond acceptors (Lipinski definition) is 7. The van der Waals surface area contributed by atoms with Crippen molar-refractivity contribution in [1.82, 2.24) is 19.4 Å². The lowest BCUT2D eigenvalue weighted by atomic mass is 10.3. The highest BCUT2D eigenvalue weighted by molar-refractivity contribution is 7.92. The molecule has 1 aromatic carbocycles. The van der Waals surface area contributed by atoms with Gasteiger partial charge in [0.15, 0.2) is 10.7 Å². The zero-order chi connectivity index (χ0) is 22.3. The zero-order valence-electron chi connectivity index (χ0n) is 16.7. The highest BCUT2D eigenvalue weighted by Crippen LogP contribution is 2.27. The molecular formula is C18H20ClN5O5S. The molecule has 2 aromatic heterocycles. The molecule has 1 N–H and O–H groups in total. The maximum absolute atomic E-state index is 12.6. The predicted octanol–water partition coefficient (Wildman–Crippen LogP) is 1.76. The van der Waals surface area contributed by atoms with E-state index < -0.39 is 32.7 Å². The monoisotopic (exact) mass is 453 g/mol. The predicted molar refractivity (Wildman–Crippen MR) is 111 cm³/mol. The first-order valence-corrected chi connectivity index (χ1v) is 10.6. The summed E-state index contributed by atoms with van der Waals surface area (Å²) in [5, 5.41) is 10.7. The van der Waals surface area contributed by atoms with Crippen LogP contribution in [0.3, 0.4) is 0 Å². The Balaban J connectivity index is 1.91. The van der Waals surface area contributed by atoms with Crippen molar-refractivity contribution in [1.29, 1.82) is 0 Å². The van der Waals surface area contributed by atoms with E-state index in [1.165, 1.54) is 46.1 Å². The average Bonchev–Trinajstić information content (AvgIpc) is 2.96. The summed E-state index contributed by atoms with van der Waals surface area (Å²) in [6, 6.07) is 7.36. The van der Waals surface area contributed by atoms with Gasteiger partial charge in [-0.2, -0.15) is 4.52 Å². The van der Waals surface area contributed by atoms with Gasteiger partial charge < -0.3 is 10.1 Å². The smallest absolute Gasteiger partial charge is 0.367 e. The number of ether oxygens (including phenoxy) is 1. The number of benzene rings is 1. The number of hydrogen-bond donors (Lipinski definition) is 1. The molecule has 0 unspecified atom stereocenters. The van der Waals surface area contributed by atoms with Crippen LogP contribution in [0.2, 0.25) is 5.02 Å². The van der Waals surface area contributed by atoms with Crippen LogP contribution in [0.5, 0.6) is 5.75 Å². The largest absolute Gasteiger partial charge is 0.495 e. The van der Waals surface area contributed by atoms with Crippen LogP contribution in [0.15, 0.2) is 40.2 Å². The van der Waals surface area contributed by atoms with Crippen LogP contribution in [0.4, 0.5) is 5.69 Å². The van der Waals surface area contributed by atoms with Crippen LogP contribution in [0.1, 0.15) is 20.8 Å². The lowest BCUT2D eigenvalue weighted by molar-refractivity contribution is -0.117. The number of sulfone groups is 1. The van der Waals surface area contributed by atoms with E-state index in [2.05, 4.69) is 15.5 Å². The van der Waals surface area contributed by atoms with Gasteiger partial charge >= 0.3 is 5.69 Å². The van der Waals surface area contributed by atoms with E-state index in [9.17, 15) is 18.0 Å². The van der Waals surface area contributed by atoms with Crippen molar-refractivity contribution in [2.24, 2.45) is 0 Å². The Hall–Kier alpha value is -2.92. The fourth-order valence-electron chi connectivity index (χ4n) is 2.56. The second-order valence-electron chi connectivity index (χ2n) is 7.39. The van der Waals surface area contributed by atoms with Crippen molar-refractivity contribution in [3.05, 3.63) is 45.8 Å². The van der Waals surface area contributed by atoms with E-state index in [0.29, 0.717) is 16.5 Å². The molecule has 0 saturated heterocycles. The van der Waals surface area contributed by atoms with Crippen molar-refractivity contribution in [2.75, 3.05) is 12.4 Å². The molecule has 0 aliphatic rings. The Bertz CT molecular complexity index is 1290. The summed E-state index contributed by atoms with van der Waals surface area (Å²) in [5.74, 6) is -0.155. The molecule has 3 rings (SSSR count). The minimum atomic E-state index is -3.76. The van der Waals surface area contributed by atoms with E-state index in [-0.39, 0.29) is 10.7 Å². The first kappa shape index (κ1) is 21.8. The number of nitrogens with one attached hydrogen (secondary N) is 1. The van der Waals surface area contributed by atoms with Crippen LogP contribution >= 0.6 is 11.6 Å². The minimum Gasteiger partial charge on any atom is -0.495 e. The first-order chi connectivity index (χ1) is 13.9. The summed E-state index contributed by atoms with van der Waals surface area (Å²) < 4.78 is 31.0. The Kier molecular flexibility index (Phi) is 5.61. The summed E-state index contributed by atoms with van der Waals surface area (Å²) >= 11 is 5.94. The van der Waals surface area contributed by atoms with Gasteiger partial charge in [0.1, 0.15) is 12.3 Å². The molecule has 0 aliphatic carbocycles. The van der Waals surface area contributed by atoms with Crippen molar-refractivity contribution >= 4 is 38.7 Å². The van der Waals surface area contributed by atoms with Gasteiger partial charge in [0.2, 0.25) is 15.7 Å². The molecule has 3 aromatic rings. The van der Waals surface area contributed by atoms with E-state index in [1.807, 2.05) is 0 Å². The molecule has 2 heterocycles. The molecule has 0 radical (unpaired) electrons. The number of amides is 1. The highest BCUT2D eigenvalue weighted by atomic mass is 35.5.